The van der Waals surface area contributed by atoms with Gasteiger partial charge in [0.1, 0.15) is 6.54 Å². The molecule has 1 N–H and O–H groups in total. The van der Waals surface area contributed by atoms with E-state index in [9.17, 15) is 26.4 Å². The van der Waals surface area contributed by atoms with Crippen LogP contribution in [0.3, 0.4) is 0 Å². The maximum atomic E-state index is 12.7. The molecule has 0 bridgehead atoms. The van der Waals surface area contributed by atoms with Crippen molar-refractivity contribution in [3.8, 4) is 0 Å². The molecule has 0 radical (unpaired) electrons. The molecule has 0 saturated heterocycles. The smallest absolute Gasteiger partial charge is 0.416 e. The van der Waals surface area contributed by atoms with Crippen LogP contribution in [0, 0.1) is 6.92 Å². The maximum Gasteiger partial charge on any atom is 0.416 e. The lowest BCUT2D eigenvalue weighted by Crippen LogP contribution is -2.31. The van der Waals surface area contributed by atoms with E-state index in [1.807, 2.05) is 4.72 Å². The third-order valence-corrected chi connectivity index (χ3v) is 4.48. The lowest BCUT2D eigenvalue weighted by molar-refractivity contribution is -0.148. The molecular formula is C14H14F3N3O5S. The Morgan fingerprint density at radius 2 is 2.08 bits per heavy atom. The Morgan fingerprint density at radius 3 is 2.65 bits per heavy atom. The number of carbonyl (C=O) groups excluding carboxylic acids is 1. The number of alkyl halides is 3. The Labute approximate surface area is 146 Å². The summed E-state index contributed by atoms with van der Waals surface area (Å²) in [5.41, 5.74) is -1.12. The van der Waals surface area contributed by atoms with Crippen molar-refractivity contribution in [1.29, 1.82) is 0 Å². The second-order valence-corrected chi connectivity index (χ2v) is 6.93. The second-order valence-electron chi connectivity index (χ2n) is 5.16. The highest BCUT2D eigenvalue weighted by Crippen LogP contribution is 2.30. The minimum absolute atomic E-state index is 0.0246. The molecule has 0 aliphatic heterocycles. The molecule has 0 saturated carbocycles. The molecule has 0 aliphatic rings. The number of benzene rings is 1. The zero-order valence-corrected chi connectivity index (χ0v) is 14.4. The van der Waals surface area contributed by atoms with Gasteiger partial charge in [-0.2, -0.15) is 22.9 Å². The summed E-state index contributed by atoms with van der Waals surface area (Å²) in [7, 11) is -4.34. The molecule has 1 atom stereocenters. The predicted octanol–water partition coefficient (Wildman–Crippen LogP) is 1.98. The zero-order chi connectivity index (χ0) is 19.5. The highest BCUT2D eigenvalue weighted by molar-refractivity contribution is 7.89. The standard InChI is InChI=1S/C14H14F3N3O5S/c1-8(13-19-9(2)20-25-13)24-12(21)7-18-26(22,23)11-5-3-4-10(6-11)14(15,16)17/h3-6,8,18H,7H2,1-2H3. The summed E-state index contributed by atoms with van der Waals surface area (Å²) in [4.78, 5) is 14.9. The van der Waals surface area contributed by atoms with Crippen LogP contribution in [-0.2, 0) is 25.7 Å². The fraction of sp³-hybridized carbons (Fsp3) is 0.357. The first-order valence-corrected chi connectivity index (χ1v) is 8.64. The van der Waals surface area contributed by atoms with Gasteiger partial charge >= 0.3 is 12.1 Å². The summed E-state index contributed by atoms with van der Waals surface area (Å²) in [6, 6.07) is 3.14. The summed E-state index contributed by atoms with van der Waals surface area (Å²) in [6.45, 7) is 2.22. The molecule has 0 aliphatic carbocycles. The summed E-state index contributed by atoms with van der Waals surface area (Å²) in [5.74, 6) is -0.617. The van der Waals surface area contributed by atoms with Crippen LogP contribution in [0.4, 0.5) is 13.2 Å². The van der Waals surface area contributed by atoms with Gasteiger partial charge in [0.2, 0.25) is 10.0 Å². The Hall–Kier alpha value is -2.47. The minimum atomic E-state index is -4.69. The summed E-state index contributed by atoms with van der Waals surface area (Å²) in [6.07, 6.45) is -5.61. The predicted molar refractivity (Wildman–Crippen MR) is 80.2 cm³/mol. The molecule has 2 rings (SSSR count). The number of sulfonamides is 1. The zero-order valence-electron chi connectivity index (χ0n) is 13.6. The van der Waals surface area contributed by atoms with Gasteiger partial charge in [-0.3, -0.25) is 4.79 Å². The highest BCUT2D eigenvalue weighted by atomic mass is 32.2. The molecule has 12 heteroatoms. The lowest BCUT2D eigenvalue weighted by Gasteiger charge is -2.11. The van der Waals surface area contributed by atoms with Crippen LogP contribution in [0.5, 0.6) is 0 Å². The number of hydrogen-bond acceptors (Lipinski definition) is 7. The van der Waals surface area contributed by atoms with Gasteiger partial charge < -0.3 is 9.26 Å². The van der Waals surface area contributed by atoms with Gasteiger partial charge in [0.25, 0.3) is 5.89 Å². The van der Waals surface area contributed by atoms with E-state index in [4.69, 9.17) is 9.26 Å². The normalized spacial score (nSPS) is 13.4. The van der Waals surface area contributed by atoms with Crippen molar-refractivity contribution in [3.63, 3.8) is 0 Å². The third-order valence-electron chi connectivity index (χ3n) is 3.08. The number of nitrogens with one attached hydrogen (secondary N) is 1. The van der Waals surface area contributed by atoms with Crippen molar-refractivity contribution >= 4 is 16.0 Å². The first-order chi connectivity index (χ1) is 12.0. The van der Waals surface area contributed by atoms with E-state index in [1.54, 1.807) is 6.92 Å². The Morgan fingerprint density at radius 1 is 1.38 bits per heavy atom. The average molecular weight is 393 g/mol. The minimum Gasteiger partial charge on any atom is -0.452 e. The van der Waals surface area contributed by atoms with Crippen LogP contribution in [0.25, 0.3) is 0 Å². The number of hydrogen-bond donors (Lipinski definition) is 1. The summed E-state index contributed by atoms with van der Waals surface area (Å²) >= 11 is 0. The number of aryl methyl sites for hydroxylation is 1. The van der Waals surface area contributed by atoms with Gasteiger partial charge in [-0.15, -0.1) is 0 Å². The van der Waals surface area contributed by atoms with Crippen LogP contribution >= 0.6 is 0 Å². The van der Waals surface area contributed by atoms with E-state index in [0.717, 1.165) is 18.2 Å². The van der Waals surface area contributed by atoms with Crippen molar-refractivity contribution in [2.75, 3.05) is 6.54 Å². The second kappa shape index (κ2) is 7.41. The van der Waals surface area contributed by atoms with E-state index in [2.05, 4.69) is 10.1 Å². The third kappa shape index (κ3) is 5.02. The number of carbonyl (C=O) groups is 1. The summed E-state index contributed by atoms with van der Waals surface area (Å²) in [5, 5.41) is 3.52. The fourth-order valence-corrected chi connectivity index (χ4v) is 2.86. The number of rotatable bonds is 6. The molecule has 2 aromatic rings. The van der Waals surface area contributed by atoms with Crippen LogP contribution in [0.2, 0.25) is 0 Å². The Kier molecular flexibility index (Phi) is 5.66. The van der Waals surface area contributed by atoms with Crippen LogP contribution in [0.15, 0.2) is 33.7 Å². The topological polar surface area (TPSA) is 111 Å². The first-order valence-electron chi connectivity index (χ1n) is 7.15. The van der Waals surface area contributed by atoms with E-state index in [0.29, 0.717) is 11.9 Å². The average Bonchev–Trinajstić information content (AvgIpc) is 2.99. The molecule has 142 valence electrons. The van der Waals surface area contributed by atoms with E-state index in [-0.39, 0.29) is 5.89 Å². The monoisotopic (exact) mass is 393 g/mol. The largest absolute Gasteiger partial charge is 0.452 e. The van der Waals surface area contributed by atoms with Gasteiger partial charge in [-0.1, -0.05) is 11.2 Å². The van der Waals surface area contributed by atoms with Gasteiger partial charge in [-0.05, 0) is 32.0 Å². The van der Waals surface area contributed by atoms with Crippen molar-refractivity contribution in [2.24, 2.45) is 0 Å². The SMILES string of the molecule is Cc1noc(C(C)OC(=O)CNS(=O)(=O)c2cccc(C(F)(F)F)c2)n1. The number of halogens is 3. The molecule has 0 amide bonds. The lowest BCUT2D eigenvalue weighted by atomic mass is 10.2. The molecule has 1 aromatic heterocycles. The van der Waals surface area contributed by atoms with Gasteiger partial charge in [-0.25, -0.2) is 8.42 Å². The first kappa shape index (κ1) is 19.8. The Balaban J connectivity index is 2.00. The van der Waals surface area contributed by atoms with Crippen LogP contribution < -0.4 is 4.72 Å². The molecule has 1 heterocycles. The molecule has 26 heavy (non-hydrogen) atoms. The summed E-state index contributed by atoms with van der Waals surface area (Å²) < 4.78 is 73.7. The Bertz CT molecular complexity index is 895. The molecule has 1 unspecified atom stereocenters. The molecular weight excluding hydrogens is 379 g/mol. The van der Waals surface area contributed by atoms with Crippen LogP contribution in [0.1, 0.15) is 30.3 Å². The van der Waals surface area contributed by atoms with Gasteiger partial charge in [0.05, 0.1) is 10.5 Å². The number of esters is 1. The van der Waals surface area contributed by atoms with E-state index < -0.39 is 45.3 Å². The number of nitrogens with zero attached hydrogens (tertiary/aromatic N) is 2. The molecule has 0 spiro atoms. The van der Waals surface area contributed by atoms with Gasteiger partial charge in [0, 0.05) is 0 Å². The fourth-order valence-electron chi connectivity index (χ4n) is 1.84. The molecule has 8 nitrogen and oxygen atoms in total. The number of aromatic nitrogens is 2. The molecule has 1 aromatic carbocycles. The van der Waals surface area contributed by atoms with E-state index in [1.165, 1.54) is 6.92 Å². The van der Waals surface area contributed by atoms with Crippen LogP contribution in [-0.4, -0.2) is 31.1 Å². The molecule has 0 fully saturated rings. The quantitative estimate of drug-likeness (QED) is 0.747. The van der Waals surface area contributed by atoms with Crippen molar-refractivity contribution in [2.45, 2.75) is 31.0 Å². The van der Waals surface area contributed by atoms with Crippen molar-refractivity contribution < 1.29 is 35.6 Å². The van der Waals surface area contributed by atoms with Crippen molar-refractivity contribution in [1.82, 2.24) is 14.9 Å². The van der Waals surface area contributed by atoms with Gasteiger partial charge in [0.15, 0.2) is 11.9 Å². The number of ether oxygens (including phenoxy) is 1. The maximum absolute atomic E-state index is 12.7. The van der Waals surface area contributed by atoms with Crippen molar-refractivity contribution in [3.05, 3.63) is 41.5 Å². The highest BCUT2D eigenvalue weighted by Gasteiger charge is 2.31. The van der Waals surface area contributed by atoms with E-state index >= 15 is 0 Å².